The Kier molecular flexibility index (Phi) is 6.48. The summed E-state index contributed by atoms with van der Waals surface area (Å²) in [6.45, 7) is 2.26. The normalized spacial score (nSPS) is 18.8. The lowest BCUT2D eigenvalue weighted by atomic mass is 9.71. The molecule has 1 saturated carbocycles. The third-order valence-electron chi connectivity index (χ3n) is 6.44. The number of halogens is 2. The van der Waals surface area contributed by atoms with Gasteiger partial charge in [0.15, 0.2) is 11.6 Å². The van der Waals surface area contributed by atoms with Gasteiger partial charge in [-0.2, -0.15) is 0 Å². The molecule has 1 aliphatic carbocycles. The predicted octanol–water partition coefficient (Wildman–Crippen LogP) is 7.98. The van der Waals surface area contributed by atoms with Crippen molar-refractivity contribution in [3.8, 4) is 11.8 Å². The molecule has 3 aromatic carbocycles. The van der Waals surface area contributed by atoms with Crippen LogP contribution in [0.2, 0.25) is 0 Å². The standard InChI is InChI=1S/C28H28F2/c1-2-3-8-21-9-4-6-11-24(21)28-23(17-16-22-10-5-7-12-25(22)28)15-13-20-14-18-26(29)27(30)19-20/h5,7,10,12,14,16-19,21,24H,2-4,6,8-9,11H2,1H3. The Labute approximate surface area is 178 Å². The second-order valence-electron chi connectivity index (χ2n) is 8.42. The third kappa shape index (κ3) is 4.41. The fourth-order valence-corrected chi connectivity index (χ4v) is 4.92. The highest BCUT2D eigenvalue weighted by Crippen LogP contribution is 2.44. The minimum Gasteiger partial charge on any atom is -0.204 e. The Hall–Kier alpha value is -2.66. The van der Waals surface area contributed by atoms with Crippen molar-refractivity contribution in [1.82, 2.24) is 0 Å². The van der Waals surface area contributed by atoms with E-state index in [-0.39, 0.29) is 0 Å². The smallest absolute Gasteiger partial charge is 0.160 e. The van der Waals surface area contributed by atoms with Crippen LogP contribution in [0.1, 0.15) is 74.5 Å². The lowest BCUT2D eigenvalue weighted by Crippen LogP contribution is -2.19. The molecule has 3 aromatic rings. The van der Waals surface area contributed by atoms with Crippen molar-refractivity contribution in [3.05, 3.63) is 82.9 Å². The fraction of sp³-hybridized carbons (Fsp3) is 0.357. The van der Waals surface area contributed by atoms with Crippen LogP contribution < -0.4 is 0 Å². The Morgan fingerprint density at radius 1 is 0.900 bits per heavy atom. The second-order valence-corrected chi connectivity index (χ2v) is 8.42. The maximum Gasteiger partial charge on any atom is 0.160 e. The molecule has 4 rings (SSSR count). The molecule has 0 spiro atoms. The Morgan fingerprint density at radius 3 is 2.57 bits per heavy atom. The molecule has 1 aliphatic rings. The molecule has 2 unspecified atom stereocenters. The molecule has 2 heteroatoms. The molecular weight excluding hydrogens is 374 g/mol. The maximum atomic E-state index is 13.6. The molecule has 0 saturated heterocycles. The first-order chi connectivity index (χ1) is 14.7. The van der Waals surface area contributed by atoms with Gasteiger partial charge in [0, 0.05) is 11.1 Å². The molecule has 0 amide bonds. The Bertz CT molecular complexity index is 1090. The van der Waals surface area contributed by atoms with Gasteiger partial charge >= 0.3 is 0 Å². The first-order valence-corrected chi connectivity index (χ1v) is 11.2. The summed E-state index contributed by atoms with van der Waals surface area (Å²) in [4.78, 5) is 0. The SMILES string of the molecule is CCCCC1CCCCC1c1c(C#Cc2ccc(F)c(F)c2)ccc2ccccc12. The van der Waals surface area contributed by atoms with Crippen molar-refractivity contribution in [2.75, 3.05) is 0 Å². The number of rotatable bonds is 4. The zero-order chi connectivity index (χ0) is 20.9. The van der Waals surface area contributed by atoms with E-state index in [1.165, 1.54) is 73.4 Å². The fourth-order valence-electron chi connectivity index (χ4n) is 4.92. The summed E-state index contributed by atoms with van der Waals surface area (Å²) in [5, 5.41) is 2.52. The largest absolute Gasteiger partial charge is 0.204 e. The Balaban J connectivity index is 1.80. The molecule has 0 nitrogen and oxygen atoms in total. The van der Waals surface area contributed by atoms with E-state index in [1.807, 2.05) is 0 Å². The first kappa shape index (κ1) is 20.6. The first-order valence-electron chi connectivity index (χ1n) is 11.2. The molecule has 1 fully saturated rings. The summed E-state index contributed by atoms with van der Waals surface area (Å²) < 4.78 is 26.9. The predicted molar refractivity (Wildman–Crippen MR) is 121 cm³/mol. The van der Waals surface area contributed by atoms with E-state index in [0.29, 0.717) is 17.4 Å². The van der Waals surface area contributed by atoms with Crippen LogP contribution in [0.25, 0.3) is 10.8 Å². The van der Waals surface area contributed by atoms with Crippen LogP contribution in [-0.4, -0.2) is 0 Å². The molecule has 30 heavy (non-hydrogen) atoms. The summed E-state index contributed by atoms with van der Waals surface area (Å²) >= 11 is 0. The lowest BCUT2D eigenvalue weighted by molar-refractivity contribution is 0.286. The lowest BCUT2D eigenvalue weighted by Gasteiger charge is -2.33. The van der Waals surface area contributed by atoms with Crippen molar-refractivity contribution in [3.63, 3.8) is 0 Å². The minimum absolute atomic E-state index is 0.499. The topological polar surface area (TPSA) is 0 Å². The molecular formula is C28H28F2. The van der Waals surface area contributed by atoms with Gasteiger partial charge in [-0.3, -0.25) is 0 Å². The van der Waals surface area contributed by atoms with Gasteiger partial charge in [-0.25, -0.2) is 8.78 Å². The van der Waals surface area contributed by atoms with E-state index in [9.17, 15) is 8.78 Å². The average Bonchev–Trinajstić information content (AvgIpc) is 2.78. The Morgan fingerprint density at radius 2 is 1.73 bits per heavy atom. The molecule has 2 atom stereocenters. The van der Waals surface area contributed by atoms with E-state index in [0.717, 1.165) is 11.6 Å². The summed E-state index contributed by atoms with van der Waals surface area (Å²) in [7, 11) is 0. The highest BCUT2D eigenvalue weighted by atomic mass is 19.2. The quantitative estimate of drug-likeness (QED) is 0.388. The number of unbranched alkanes of at least 4 members (excludes halogenated alkanes) is 1. The van der Waals surface area contributed by atoms with Crippen molar-refractivity contribution in [1.29, 1.82) is 0 Å². The van der Waals surface area contributed by atoms with Gasteiger partial charge in [-0.15, -0.1) is 0 Å². The zero-order valence-electron chi connectivity index (χ0n) is 17.6. The van der Waals surface area contributed by atoms with E-state index in [2.05, 4.69) is 55.2 Å². The highest BCUT2D eigenvalue weighted by Gasteiger charge is 2.28. The van der Waals surface area contributed by atoms with Crippen LogP contribution in [-0.2, 0) is 0 Å². The molecule has 0 bridgehead atoms. The van der Waals surface area contributed by atoms with Crippen LogP contribution in [0.15, 0.2) is 54.6 Å². The number of fused-ring (bicyclic) bond motifs is 1. The number of hydrogen-bond donors (Lipinski definition) is 0. The summed E-state index contributed by atoms with van der Waals surface area (Å²) in [5.41, 5.74) is 2.87. The highest BCUT2D eigenvalue weighted by molar-refractivity contribution is 5.88. The van der Waals surface area contributed by atoms with E-state index < -0.39 is 11.6 Å². The van der Waals surface area contributed by atoms with E-state index in [4.69, 9.17) is 0 Å². The van der Waals surface area contributed by atoms with Gasteiger partial charge < -0.3 is 0 Å². The monoisotopic (exact) mass is 402 g/mol. The van der Waals surface area contributed by atoms with Crippen molar-refractivity contribution >= 4 is 10.8 Å². The van der Waals surface area contributed by atoms with Crippen molar-refractivity contribution in [2.45, 2.75) is 57.8 Å². The van der Waals surface area contributed by atoms with Crippen LogP contribution in [0.5, 0.6) is 0 Å². The summed E-state index contributed by atoms with van der Waals surface area (Å²) in [6, 6.07) is 16.6. The number of benzene rings is 3. The van der Waals surface area contributed by atoms with Gasteiger partial charge in [0.1, 0.15) is 0 Å². The van der Waals surface area contributed by atoms with Crippen LogP contribution in [0.4, 0.5) is 8.78 Å². The average molecular weight is 403 g/mol. The van der Waals surface area contributed by atoms with Crippen LogP contribution in [0.3, 0.4) is 0 Å². The third-order valence-corrected chi connectivity index (χ3v) is 6.44. The van der Waals surface area contributed by atoms with Crippen LogP contribution in [0, 0.1) is 29.4 Å². The molecule has 0 N–H and O–H groups in total. The molecule has 0 heterocycles. The zero-order valence-corrected chi connectivity index (χ0v) is 17.6. The van der Waals surface area contributed by atoms with Gasteiger partial charge in [-0.05, 0) is 71.7 Å². The molecule has 0 radical (unpaired) electrons. The van der Waals surface area contributed by atoms with Crippen LogP contribution >= 0.6 is 0 Å². The van der Waals surface area contributed by atoms with E-state index >= 15 is 0 Å². The van der Waals surface area contributed by atoms with E-state index in [1.54, 1.807) is 0 Å². The molecule has 154 valence electrons. The van der Waals surface area contributed by atoms with Gasteiger partial charge in [0.25, 0.3) is 0 Å². The summed E-state index contributed by atoms with van der Waals surface area (Å²) in [6.07, 6.45) is 8.80. The minimum atomic E-state index is -0.854. The van der Waals surface area contributed by atoms with Gasteiger partial charge in [0.05, 0.1) is 0 Å². The van der Waals surface area contributed by atoms with Gasteiger partial charge in [-0.1, -0.05) is 74.8 Å². The van der Waals surface area contributed by atoms with Gasteiger partial charge in [0.2, 0.25) is 0 Å². The van der Waals surface area contributed by atoms with Crippen molar-refractivity contribution in [2.24, 2.45) is 5.92 Å². The molecule has 0 aliphatic heterocycles. The van der Waals surface area contributed by atoms with Crippen molar-refractivity contribution < 1.29 is 8.78 Å². The second kappa shape index (κ2) is 9.43. The maximum absolute atomic E-state index is 13.6. The molecule has 0 aromatic heterocycles. The summed E-state index contributed by atoms with van der Waals surface area (Å²) in [5.74, 6) is 5.88. The number of hydrogen-bond acceptors (Lipinski definition) is 0.